The molecule has 0 saturated carbocycles. The van der Waals surface area contributed by atoms with Crippen molar-refractivity contribution in [2.45, 2.75) is 18.3 Å². The van der Waals surface area contributed by atoms with Gasteiger partial charge in [0.05, 0.1) is 11.1 Å². The van der Waals surface area contributed by atoms with E-state index in [-0.39, 0.29) is 5.91 Å². The van der Waals surface area contributed by atoms with Gasteiger partial charge in [0.25, 0.3) is 0 Å². The van der Waals surface area contributed by atoms with Crippen LogP contribution in [0.3, 0.4) is 0 Å². The Balaban J connectivity index is 2.38. The summed E-state index contributed by atoms with van der Waals surface area (Å²) < 4.78 is 0. The first-order valence-corrected chi connectivity index (χ1v) is 6.19. The topological polar surface area (TPSA) is 36.4 Å². The smallest absolute Gasteiger partial charge is 0.234 e. The lowest BCUT2D eigenvalue weighted by Gasteiger charge is -2.40. The van der Waals surface area contributed by atoms with Crippen molar-refractivity contribution in [3.63, 3.8) is 0 Å². The van der Waals surface area contributed by atoms with Crippen LogP contribution in [-0.4, -0.2) is 47.9 Å². The highest BCUT2D eigenvalue weighted by Crippen LogP contribution is 2.35. The van der Waals surface area contributed by atoms with Crippen LogP contribution in [0.4, 0.5) is 0 Å². The molecule has 0 N–H and O–H groups in total. The van der Waals surface area contributed by atoms with E-state index in [9.17, 15) is 4.79 Å². The summed E-state index contributed by atoms with van der Waals surface area (Å²) in [6, 6.07) is 5.74. The van der Waals surface area contributed by atoms with Gasteiger partial charge in [-0.1, -0.05) is 6.07 Å². The standard InChI is InChI=1S/C14H19N3O/c1-16(2)13(18)14(7-10-17(3)11-8-14)12-6-4-5-9-15-12/h3-6,9H,7-8,10-11H2,1-2H3. The molecule has 0 spiro atoms. The summed E-state index contributed by atoms with van der Waals surface area (Å²) in [7, 11) is 9.39. The van der Waals surface area contributed by atoms with Crippen molar-refractivity contribution in [1.82, 2.24) is 14.8 Å². The molecule has 0 bridgehead atoms. The molecule has 1 aliphatic rings. The summed E-state index contributed by atoms with van der Waals surface area (Å²) in [6.45, 7) is 1.44. The van der Waals surface area contributed by atoms with Gasteiger partial charge in [0.1, 0.15) is 0 Å². The van der Waals surface area contributed by atoms with Gasteiger partial charge in [-0.15, -0.1) is 0 Å². The fourth-order valence-corrected chi connectivity index (χ4v) is 2.56. The van der Waals surface area contributed by atoms with E-state index >= 15 is 0 Å². The number of hydrogen-bond donors (Lipinski definition) is 0. The highest BCUT2D eigenvalue weighted by atomic mass is 16.2. The second kappa shape index (κ2) is 5.06. The number of carbonyl (C=O) groups is 1. The molecule has 1 amide bonds. The van der Waals surface area contributed by atoms with E-state index in [0.29, 0.717) is 0 Å². The number of likely N-dealkylation sites (N-methyl/N-ethyl adjacent to an activating group) is 1. The maximum atomic E-state index is 12.6. The average Bonchev–Trinajstić information content (AvgIpc) is 2.40. The summed E-state index contributed by atoms with van der Waals surface area (Å²) in [5.74, 6) is 0.120. The van der Waals surface area contributed by atoms with Crippen LogP contribution in [0.25, 0.3) is 0 Å². The van der Waals surface area contributed by atoms with Crippen LogP contribution in [0.15, 0.2) is 24.4 Å². The van der Waals surface area contributed by atoms with Crippen molar-refractivity contribution >= 4 is 5.91 Å². The third kappa shape index (κ3) is 2.25. The molecule has 2 radical (unpaired) electrons. The number of likely N-dealkylation sites (tertiary alicyclic amines) is 1. The Kier molecular flexibility index (Phi) is 3.66. The number of aromatic nitrogens is 1. The predicted molar refractivity (Wildman–Crippen MR) is 69.7 cm³/mol. The molecule has 1 aliphatic heterocycles. The van der Waals surface area contributed by atoms with Crippen LogP contribution in [0, 0.1) is 7.05 Å². The zero-order valence-electron chi connectivity index (χ0n) is 11.0. The molecule has 0 aliphatic carbocycles. The minimum atomic E-state index is -0.513. The van der Waals surface area contributed by atoms with Gasteiger partial charge in [-0.05, 0) is 38.1 Å². The summed E-state index contributed by atoms with van der Waals surface area (Å²) in [5.41, 5.74) is 0.345. The molecule has 4 heteroatoms. The molecule has 1 aromatic heterocycles. The predicted octanol–water partition coefficient (Wildman–Crippen LogP) is 1.17. The maximum Gasteiger partial charge on any atom is 0.234 e. The van der Waals surface area contributed by atoms with Gasteiger partial charge in [0.15, 0.2) is 0 Å². The second-order valence-corrected chi connectivity index (χ2v) is 5.03. The molecule has 18 heavy (non-hydrogen) atoms. The molecule has 0 aromatic carbocycles. The lowest BCUT2D eigenvalue weighted by atomic mass is 9.74. The molecule has 4 nitrogen and oxygen atoms in total. The largest absolute Gasteiger partial charge is 0.348 e. The molecule has 0 atom stereocenters. The van der Waals surface area contributed by atoms with E-state index in [1.807, 2.05) is 18.2 Å². The third-order valence-corrected chi connectivity index (χ3v) is 3.62. The van der Waals surface area contributed by atoms with Crippen LogP contribution < -0.4 is 0 Å². The van der Waals surface area contributed by atoms with Gasteiger partial charge in [0.2, 0.25) is 5.91 Å². The molecule has 2 heterocycles. The number of carbonyl (C=O) groups excluding carboxylic acids is 1. The number of rotatable bonds is 2. The van der Waals surface area contributed by atoms with Crippen molar-refractivity contribution in [3.05, 3.63) is 37.1 Å². The van der Waals surface area contributed by atoms with E-state index in [1.54, 1.807) is 30.1 Å². The van der Waals surface area contributed by atoms with Crippen molar-refractivity contribution in [2.24, 2.45) is 0 Å². The Morgan fingerprint density at radius 2 is 2.06 bits per heavy atom. The van der Waals surface area contributed by atoms with Gasteiger partial charge in [-0.25, -0.2) is 0 Å². The van der Waals surface area contributed by atoms with Gasteiger partial charge in [0, 0.05) is 27.3 Å². The molecule has 2 rings (SSSR count). The van der Waals surface area contributed by atoms with E-state index in [4.69, 9.17) is 7.05 Å². The van der Waals surface area contributed by atoms with Crippen molar-refractivity contribution in [3.8, 4) is 0 Å². The average molecular weight is 245 g/mol. The van der Waals surface area contributed by atoms with E-state index in [1.165, 1.54) is 0 Å². The highest BCUT2D eigenvalue weighted by Gasteiger charge is 2.44. The first-order chi connectivity index (χ1) is 8.56. The van der Waals surface area contributed by atoms with E-state index in [0.717, 1.165) is 31.6 Å². The molecular weight excluding hydrogens is 226 g/mol. The SMILES string of the molecule is [CH]N1CCC(C(=O)N(C)C)(c2ccccn2)CC1. The quantitative estimate of drug-likeness (QED) is 0.785. The zero-order chi connectivity index (χ0) is 13.2. The lowest BCUT2D eigenvalue weighted by Crippen LogP contribution is -2.50. The second-order valence-electron chi connectivity index (χ2n) is 5.03. The van der Waals surface area contributed by atoms with Crippen LogP contribution in [-0.2, 0) is 10.2 Å². The fraction of sp³-hybridized carbons (Fsp3) is 0.500. The molecule has 1 fully saturated rings. The monoisotopic (exact) mass is 245 g/mol. The molecule has 0 unspecified atom stereocenters. The molecule has 96 valence electrons. The van der Waals surface area contributed by atoms with Gasteiger partial charge in [-0.3, -0.25) is 14.7 Å². The van der Waals surface area contributed by atoms with Crippen LogP contribution in [0.2, 0.25) is 0 Å². The summed E-state index contributed by atoms with van der Waals surface area (Å²) in [5, 5.41) is 0. The van der Waals surface area contributed by atoms with E-state index < -0.39 is 5.41 Å². The zero-order valence-corrected chi connectivity index (χ0v) is 11.0. The molecule has 1 aromatic rings. The third-order valence-electron chi connectivity index (χ3n) is 3.62. The Morgan fingerprint density at radius 3 is 2.56 bits per heavy atom. The number of nitrogens with zero attached hydrogens (tertiary/aromatic N) is 3. The Morgan fingerprint density at radius 1 is 1.39 bits per heavy atom. The first-order valence-electron chi connectivity index (χ1n) is 6.19. The molecule has 1 saturated heterocycles. The van der Waals surface area contributed by atoms with Gasteiger partial charge < -0.3 is 4.90 Å². The van der Waals surface area contributed by atoms with Crippen molar-refractivity contribution in [2.75, 3.05) is 27.2 Å². The number of piperidine rings is 1. The van der Waals surface area contributed by atoms with Crippen molar-refractivity contribution in [1.29, 1.82) is 0 Å². The minimum absolute atomic E-state index is 0.120. The van der Waals surface area contributed by atoms with Gasteiger partial charge in [-0.2, -0.15) is 0 Å². The lowest BCUT2D eigenvalue weighted by molar-refractivity contribution is -0.136. The van der Waals surface area contributed by atoms with Crippen LogP contribution >= 0.6 is 0 Å². The minimum Gasteiger partial charge on any atom is -0.348 e. The van der Waals surface area contributed by atoms with E-state index in [2.05, 4.69) is 4.98 Å². The Labute approximate surface area is 109 Å². The fourth-order valence-electron chi connectivity index (χ4n) is 2.56. The van der Waals surface area contributed by atoms with Gasteiger partial charge >= 0.3 is 0 Å². The number of hydrogen-bond acceptors (Lipinski definition) is 3. The molecular formula is C14H19N3O. The van der Waals surface area contributed by atoms with Crippen LogP contribution in [0.1, 0.15) is 18.5 Å². The Hall–Kier alpha value is -1.42. The summed E-state index contributed by atoms with van der Waals surface area (Å²) >= 11 is 0. The number of pyridine rings is 1. The Bertz CT molecular complexity index is 408. The van der Waals surface area contributed by atoms with Crippen molar-refractivity contribution < 1.29 is 4.79 Å². The highest BCUT2D eigenvalue weighted by molar-refractivity contribution is 5.87. The van der Waals surface area contributed by atoms with Crippen LogP contribution in [0.5, 0.6) is 0 Å². The summed E-state index contributed by atoms with van der Waals surface area (Å²) in [6.07, 6.45) is 3.18. The number of amides is 1. The first kappa shape index (κ1) is 13.0. The normalized spacial score (nSPS) is 19.5. The summed E-state index contributed by atoms with van der Waals surface area (Å²) in [4.78, 5) is 20.4. The maximum absolute atomic E-state index is 12.6.